The molecular weight excluding hydrogens is 1310 g/mol. The molecule has 0 aliphatic rings. The van der Waals surface area contributed by atoms with E-state index in [1.165, 1.54) is 120 Å². The molecule has 0 spiro atoms. The normalized spacial score (nSPS) is 11.3. The van der Waals surface area contributed by atoms with Crippen LogP contribution < -0.4 is 22.9 Å². The molecule has 0 aliphatic heterocycles. The number of hydrogen-bond donors (Lipinski definition) is 4. The maximum Gasteiger partial charge on any atom is 0.128 e. The lowest BCUT2D eigenvalue weighted by atomic mass is 10.1. The summed E-state index contributed by atoms with van der Waals surface area (Å²) in [4.78, 5) is 5.08. The van der Waals surface area contributed by atoms with Gasteiger partial charge in [0.05, 0.1) is 6.54 Å². The first-order chi connectivity index (χ1) is 45.0. The van der Waals surface area contributed by atoms with E-state index >= 15 is 0 Å². The van der Waals surface area contributed by atoms with Crippen LogP contribution in [0.15, 0.2) is 183 Å². The zero-order chi connectivity index (χ0) is 66.5. The van der Waals surface area contributed by atoms with Gasteiger partial charge in [-0.25, -0.2) is 4.39 Å². The highest BCUT2D eigenvalue weighted by Gasteiger charge is 2.20. The van der Waals surface area contributed by atoms with Crippen LogP contribution in [0.4, 0.5) is 4.39 Å². The van der Waals surface area contributed by atoms with Crippen molar-refractivity contribution in [1.29, 1.82) is 0 Å². The first kappa shape index (κ1) is 71.5. The Bertz CT molecular complexity index is 4530. The summed E-state index contributed by atoms with van der Waals surface area (Å²) in [5.41, 5.74) is 42.8. The number of nitrogens with zero attached hydrogens (tertiary/aromatic N) is 4. The number of fused-ring (bicyclic) bond motifs is 4. The van der Waals surface area contributed by atoms with E-state index in [1.54, 1.807) is 59.2 Å². The van der Waals surface area contributed by atoms with Crippen molar-refractivity contribution >= 4 is 137 Å². The molecule has 4 aromatic heterocycles. The first-order valence-electron chi connectivity index (χ1n) is 31.1. The van der Waals surface area contributed by atoms with Crippen LogP contribution in [0.2, 0.25) is 20.1 Å². The fraction of sp³-hybridized carbons (Fsp3) is 0.263. The lowest BCUT2D eigenvalue weighted by Gasteiger charge is -2.11. The molecule has 0 atom stereocenters. The molecule has 93 heavy (non-hydrogen) atoms. The summed E-state index contributed by atoms with van der Waals surface area (Å²) < 4.78 is 23.3. The van der Waals surface area contributed by atoms with Crippen LogP contribution in [-0.2, 0) is 51.9 Å². The molecule has 8 nitrogen and oxygen atoms in total. The van der Waals surface area contributed by atoms with Crippen molar-refractivity contribution in [3.05, 3.63) is 257 Å². The van der Waals surface area contributed by atoms with Gasteiger partial charge in [0.1, 0.15) is 5.82 Å². The van der Waals surface area contributed by atoms with Gasteiger partial charge < -0.3 is 41.2 Å². The quantitative estimate of drug-likeness (QED) is 0.0557. The topological polar surface area (TPSA) is 124 Å². The van der Waals surface area contributed by atoms with Crippen LogP contribution in [-0.4, -0.2) is 69.5 Å². The van der Waals surface area contributed by atoms with Gasteiger partial charge in [0.15, 0.2) is 0 Å². The van der Waals surface area contributed by atoms with Crippen LogP contribution >= 0.6 is 93.5 Å². The number of nitrogens with two attached hydrogens (primary N) is 4. The summed E-state index contributed by atoms with van der Waals surface area (Å²) in [7, 11) is 0. The summed E-state index contributed by atoms with van der Waals surface area (Å²) in [6, 6.07) is 55.3. The summed E-state index contributed by atoms with van der Waals surface area (Å²) in [5.74, 6) is -0.158. The van der Waals surface area contributed by atoms with E-state index in [4.69, 9.17) is 69.3 Å². The molecule has 486 valence electrons. The zero-order valence-corrected chi connectivity index (χ0v) is 60.5. The van der Waals surface area contributed by atoms with Gasteiger partial charge >= 0.3 is 0 Å². The minimum Gasteiger partial charge on any atom is -0.340 e. The third-order valence-electron chi connectivity index (χ3n) is 17.3. The number of aromatic nitrogens is 4. The number of hydrogen-bond acceptors (Lipinski definition) is 8. The predicted octanol–water partition coefficient (Wildman–Crippen LogP) is 19.6. The molecule has 0 saturated heterocycles. The molecule has 12 rings (SSSR count). The molecule has 0 bridgehead atoms. The van der Waals surface area contributed by atoms with Crippen LogP contribution in [0.3, 0.4) is 0 Å². The summed E-state index contributed by atoms with van der Waals surface area (Å²) in [5, 5.41) is 8.08. The Kier molecular flexibility index (Phi) is 26.0. The number of halogens is 5. The molecule has 8 N–H and O–H groups in total. The average molecular weight is 1400 g/mol. The van der Waals surface area contributed by atoms with Gasteiger partial charge in [-0.3, -0.25) is 0 Å². The number of benzene rings is 8. The molecule has 0 amide bonds. The maximum atomic E-state index is 14.0. The van der Waals surface area contributed by atoms with Gasteiger partial charge in [-0.2, -0.15) is 0 Å². The molecule has 0 unspecified atom stereocenters. The molecule has 17 heteroatoms. The number of thioether (sulfide) groups is 4. The third kappa shape index (κ3) is 16.9. The predicted molar refractivity (Wildman–Crippen MR) is 407 cm³/mol. The first-order valence-corrected chi connectivity index (χ1v) is 37.5. The van der Waals surface area contributed by atoms with Gasteiger partial charge in [-0.05, 0) is 259 Å². The van der Waals surface area contributed by atoms with Crippen LogP contribution in [0.5, 0.6) is 0 Å². The highest BCUT2D eigenvalue weighted by Crippen LogP contribution is 2.36. The van der Waals surface area contributed by atoms with Crippen LogP contribution in [0.25, 0.3) is 43.6 Å². The molecule has 0 saturated carbocycles. The lowest BCUT2D eigenvalue weighted by molar-refractivity contribution is 0.600. The average Bonchev–Trinajstić information content (AvgIpc) is 1.66. The third-order valence-corrected chi connectivity index (χ3v) is 21.3. The van der Waals surface area contributed by atoms with Gasteiger partial charge in [0, 0.05) is 131 Å². The molecule has 4 heterocycles. The zero-order valence-electron chi connectivity index (χ0n) is 54.2. The fourth-order valence-corrected chi connectivity index (χ4v) is 15.1. The Morgan fingerprint density at radius 3 is 1.06 bits per heavy atom. The smallest absolute Gasteiger partial charge is 0.128 e. The van der Waals surface area contributed by atoms with E-state index in [9.17, 15) is 4.39 Å². The molecule has 0 fully saturated rings. The van der Waals surface area contributed by atoms with Gasteiger partial charge in [0.2, 0.25) is 0 Å². The van der Waals surface area contributed by atoms with Crippen molar-refractivity contribution < 1.29 is 4.39 Å². The lowest BCUT2D eigenvalue weighted by Crippen LogP contribution is -2.06. The van der Waals surface area contributed by atoms with E-state index in [2.05, 4.69) is 162 Å². The monoisotopic (exact) mass is 1390 g/mol. The van der Waals surface area contributed by atoms with E-state index in [1.807, 2.05) is 54.6 Å². The minimum absolute atomic E-state index is 0.158. The summed E-state index contributed by atoms with van der Waals surface area (Å²) in [6.45, 7) is 14.2. The molecule has 0 aliphatic carbocycles. The SMILES string of the molecule is CSc1ccc2c(c1)c(CCN)c(C)n2Cc1ccc(Cl)cc1.CSc1ccc2c(c1)c(CCN)c(C)n2Cc1ccc(Cl)cc1Cl.CSc1ccc2c(c1)c(CCN)c(C)n2Cc1cccc(Cl)c1.CSc1ccc2c(c1)c(CCN)c(C)n2Cc1ccccc1F. The molecule has 8 aromatic carbocycles. The van der Waals surface area contributed by atoms with Crippen LogP contribution in [0.1, 0.15) is 67.3 Å². The molecule has 12 aromatic rings. The van der Waals surface area contributed by atoms with Crippen molar-refractivity contribution in [2.24, 2.45) is 22.9 Å². The standard InChI is InChI=1S/C19H20Cl2N2S.2C19H21ClN2S.C19H21FN2S/c1-12-16(7-8-22)17-10-15(24-2)5-6-19(17)23(12)11-13-3-4-14(20)9-18(13)21;1-13-17(9-10-21)18-11-16(23-2)7-8-19(18)22(13)12-14-3-5-15(20)6-4-14;1-13-17(8-9-21)18-11-16(23-2)6-7-19(18)22(13)12-14-4-3-5-15(20)10-14;1-13-16(9-10-21)17-11-15(23-2)7-8-19(17)22(13)12-14-5-3-4-6-18(14)20/h3-6,9-10H,7-8,11,22H2,1-2H3;3-8,11H,9-10,12,21H2,1-2H3;3-7,10-11H,8-9,12,21H2,1-2H3;3-8,11H,9-10,12,21H2,1-2H3. The van der Waals surface area contributed by atoms with E-state index < -0.39 is 0 Å². The summed E-state index contributed by atoms with van der Waals surface area (Å²) >= 11 is 31.6. The van der Waals surface area contributed by atoms with Crippen molar-refractivity contribution in [3.8, 4) is 0 Å². The second-order valence-corrected chi connectivity index (χ2v) is 28.1. The van der Waals surface area contributed by atoms with E-state index in [-0.39, 0.29) is 5.82 Å². The second-order valence-electron chi connectivity index (χ2n) is 22.9. The van der Waals surface area contributed by atoms with Crippen molar-refractivity contribution in [1.82, 2.24) is 18.3 Å². The molecular formula is C76H83Cl4FN8S4. The highest BCUT2D eigenvalue weighted by molar-refractivity contribution is 7.99. The van der Waals surface area contributed by atoms with Gasteiger partial charge in [-0.15, -0.1) is 47.0 Å². The van der Waals surface area contributed by atoms with Crippen molar-refractivity contribution in [2.45, 2.75) is 99.1 Å². The largest absolute Gasteiger partial charge is 0.340 e. The summed E-state index contributed by atoms with van der Waals surface area (Å²) in [6.07, 6.45) is 11.9. The molecule has 0 radical (unpaired) electrons. The van der Waals surface area contributed by atoms with Crippen molar-refractivity contribution in [2.75, 3.05) is 51.2 Å². The van der Waals surface area contributed by atoms with Gasteiger partial charge in [-0.1, -0.05) is 94.9 Å². The maximum absolute atomic E-state index is 14.0. The van der Waals surface area contributed by atoms with Gasteiger partial charge in [0.25, 0.3) is 0 Å². The van der Waals surface area contributed by atoms with Crippen molar-refractivity contribution in [3.63, 3.8) is 0 Å². The van der Waals surface area contributed by atoms with E-state index in [0.29, 0.717) is 48.3 Å². The Balaban J connectivity index is 0.000000146. The number of rotatable bonds is 20. The Hall–Kier alpha value is -5.75. The minimum atomic E-state index is -0.158. The fourth-order valence-electron chi connectivity index (χ4n) is 12.5. The highest BCUT2D eigenvalue weighted by atomic mass is 35.5. The Labute approximate surface area is 585 Å². The van der Waals surface area contributed by atoms with E-state index in [0.717, 1.165) is 66.4 Å². The second kappa shape index (κ2) is 33.8. The van der Waals surface area contributed by atoms with Crippen LogP contribution in [0, 0.1) is 33.5 Å². The Morgan fingerprint density at radius 1 is 0.344 bits per heavy atom. The Morgan fingerprint density at radius 2 is 0.699 bits per heavy atom.